The molecule has 3 aromatic carbocycles. The van der Waals surface area contributed by atoms with Gasteiger partial charge in [0.2, 0.25) is 15.9 Å². The summed E-state index contributed by atoms with van der Waals surface area (Å²) in [4.78, 5) is 12.6. The van der Waals surface area contributed by atoms with Crippen molar-refractivity contribution < 1.29 is 17.9 Å². The van der Waals surface area contributed by atoms with E-state index in [2.05, 4.69) is 26.1 Å². The quantitative estimate of drug-likeness (QED) is 0.509. The highest BCUT2D eigenvalue weighted by atomic mass is 32.2. The molecule has 0 fully saturated rings. The molecule has 174 valence electrons. The number of sulfonamides is 1. The van der Waals surface area contributed by atoms with E-state index < -0.39 is 15.9 Å². The Morgan fingerprint density at radius 3 is 2.06 bits per heavy atom. The lowest BCUT2D eigenvalue weighted by atomic mass is 9.87. The molecule has 0 saturated heterocycles. The highest BCUT2D eigenvalue weighted by molar-refractivity contribution is 7.92. The molecule has 6 nitrogen and oxygen atoms in total. The summed E-state index contributed by atoms with van der Waals surface area (Å²) >= 11 is 0. The summed E-state index contributed by atoms with van der Waals surface area (Å²) in [7, 11) is -3.64. The minimum atomic E-state index is -3.64. The first-order chi connectivity index (χ1) is 15.5. The predicted octanol–water partition coefficient (Wildman–Crippen LogP) is 4.97. The monoisotopic (exact) mass is 466 g/mol. The van der Waals surface area contributed by atoms with Crippen LogP contribution in [0.15, 0.2) is 78.9 Å². The number of rotatable bonds is 8. The van der Waals surface area contributed by atoms with Gasteiger partial charge in [-0.05, 0) is 52.9 Å². The molecule has 0 aromatic heterocycles. The number of amides is 1. The number of benzene rings is 3. The zero-order chi connectivity index (χ0) is 24.1. The summed E-state index contributed by atoms with van der Waals surface area (Å²) in [6, 6.07) is 24.0. The zero-order valence-electron chi connectivity index (χ0n) is 19.4. The van der Waals surface area contributed by atoms with Crippen molar-refractivity contribution in [3.63, 3.8) is 0 Å². The van der Waals surface area contributed by atoms with Crippen molar-refractivity contribution in [2.45, 2.75) is 32.8 Å². The van der Waals surface area contributed by atoms with Crippen molar-refractivity contribution in [2.24, 2.45) is 0 Å². The molecule has 0 aliphatic carbocycles. The highest BCUT2D eigenvalue weighted by Gasteiger charge is 2.22. The third kappa shape index (κ3) is 7.08. The Morgan fingerprint density at radius 1 is 0.909 bits per heavy atom. The normalized spacial score (nSPS) is 11.6. The second-order valence-corrected chi connectivity index (χ2v) is 10.8. The fraction of sp³-hybridized carbons (Fsp3) is 0.269. The first-order valence-corrected chi connectivity index (χ1v) is 12.5. The van der Waals surface area contributed by atoms with Crippen LogP contribution in [0.5, 0.6) is 5.75 Å². The largest absolute Gasteiger partial charge is 0.489 e. The van der Waals surface area contributed by atoms with Gasteiger partial charge in [0, 0.05) is 5.69 Å². The van der Waals surface area contributed by atoms with Gasteiger partial charge in [-0.2, -0.15) is 0 Å². The Bertz CT molecular complexity index is 1170. The number of hydrogen-bond donors (Lipinski definition) is 1. The number of nitrogens with one attached hydrogen (secondary N) is 1. The minimum absolute atomic E-state index is 0.0528. The lowest BCUT2D eigenvalue weighted by molar-refractivity contribution is -0.114. The number of ether oxygens (including phenoxy) is 1. The van der Waals surface area contributed by atoms with Gasteiger partial charge in [0.15, 0.2) is 0 Å². The van der Waals surface area contributed by atoms with E-state index in [9.17, 15) is 13.2 Å². The third-order valence-electron chi connectivity index (χ3n) is 5.10. The number of anilines is 2. The van der Waals surface area contributed by atoms with Crippen LogP contribution < -0.4 is 14.4 Å². The second kappa shape index (κ2) is 10.1. The Hall–Kier alpha value is -3.32. The predicted molar refractivity (Wildman–Crippen MR) is 133 cm³/mol. The molecule has 0 aliphatic heterocycles. The van der Waals surface area contributed by atoms with E-state index in [0.29, 0.717) is 23.7 Å². The van der Waals surface area contributed by atoms with E-state index in [4.69, 9.17) is 4.74 Å². The van der Waals surface area contributed by atoms with Gasteiger partial charge in [-0.25, -0.2) is 8.42 Å². The lowest BCUT2D eigenvalue weighted by Crippen LogP contribution is -2.37. The number of carbonyl (C=O) groups is 1. The first-order valence-electron chi connectivity index (χ1n) is 10.7. The van der Waals surface area contributed by atoms with E-state index in [1.165, 1.54) is 0 Å². The summed E-state index contributed by atoms with van der Waals surface area (Å²) in [6.07, 6.45) is 1.09. The van der Waals surface area contributed by atoms with Gasteiger partial charge >= 0.3 is 0 Å². The molecule has 0 spiro atoms. The van der Waals surface area contributed by atoms with Crippen LogP contribution in [0.25, 0.3) is 0 Å². The van der Waals surface area contributed by atoms with E-state index in [-0.39, 0.29) is 12.0 Å². The van der Waals surface area contributed by atoms with Crippen LogP contribution in [0.3, 0.4) is 0 Å². The summed E-state index contributed by atoms with van der Waals surface area (Å²) < 4.78 is 31.6. The standard InChI is InChI=1S/C26H30N2O4S/c1-26(2,3)21-10-14-23(15-11-21)28(33(4,30)31)18-25(29)27-22-12-16-24(17-13-22)32-19-20-8-6-5-7-9-20/h5-17H,18-19H2,1-4H3,(H,27,29). The fourth-order valence-electron chi connectivity index (χ4n) is 3.23. The molecule has 0 radical (unpaired) electrons. The van der Waals surface area contributed by atoms with Crippen molar-refractivity contribution >= 4 is 27.3 Å². The average Bonchev–Trinajstić information content (AvgIpc) is 2.76. The SMILES string of the molecule is CC(C)(C)c1ccc(N(CC(=O)Nc2ccc(OCc3ccccc3)cc2)S(C)(=O)=O)cc1. The number of nitrogens with zero attached hydrogens (tertiary/aromatic N) is 1. The van der Waals surface area contributed by atoms with Gasteiger partial charge in [-0.3, -0.25) is 9.10 Å². The maximum absolute atomic E-state index is 12.6. The molecular formula is C26H30N2O4S. The van der Waals surface area contributed by atoms with Crippen molar-refractivity contribution in [1.29, 1.82) is 0 Å². The minimum Gasteiger partial charge on any atom is -0.489 e. The van der Waals surface area contributed by atoms with Crippen LogP contribution in [0.4, 0.5) is 11.4 Å². The van der Waals surface area contributed by atoms with Crippen LogP contribution in [0.2, 0.25) is 0 Å². The average molecular weight is 467 g/mol. The van der Waals surface area contributed by atoms with Crippen LogP contribution in [-0.4, -0.2) is 27.1 Å². The molecule has 1 N–H and O–H groups in total. The first kappa shape index (κ1) is 24.3. The van der Waals surface area contributed by atoms with Gasteiger partial charge in [0.05, 0.1) is 11.9 Å². The van der Waals surface area contributed by atoms with Gasteiger partial charge in [-0.15, -0.1) is 0 Å². The van der Waals surface area contributed by atoms with E-state index in [0.717, 1.165) is 21.7 Å². The molecule has 0 atom stereocenters. The van der Waals surface area contributed by atoms with Crippen molar-refractivity contribution in [2.75, 3.05) is 22.4 Å². The zero-order valence-corrected chi connectivity index (χ0v) is 20.2. The molecular weight excluding hydrogens is 436 g/mol. The fourth-order valence-corrected chi connectivity index (χ4v) is 4.09. The Kier molecular flexibility index (Phi) is 7.43. The Balaban J connectivity index is 1.63. The lowest BCUT2D eigenvalue weighted by Gasteiger charge is -2.24. The molecule has 7 heteroatoms. The molecule has 0 bridgehead atoms. The second-order valence-electron chi connectivity index (χ2n) is 8.91. The number of carbonyl (C=O) groups excluding carboxylic acids is 1. The number of hydrogen-bond acceptors (Lipinski definition) is 4. The molecule has 3 rings (SSSR count). The topological polar surface area (TPSA) is 75.7 Å². The van der Waals surface area contributed by atoms with Crippen LogP contribution in [0, 0.1) is 0 Å². The van der Waals surface area contributed by atoms with E-state index in [1.807, 2.05) is 42.5 Å². The molecule has 0 heterocycles. The van der Waals surface area contributed by atoms with E-state index >= 15 is 0 Å². The summed E-state index contributed by atoms with van der Waals surface area (Å²) in [6.45, 7) is 6.38. The summed E-state index contributed by atoms with van der Waals surface area (Å²) in [5.74, 6) is 0.242. The van der Waals surface area contributed by atoms with Crippen LogP contribution in [-0.2, 0) is 26.8 Å². The maximum atomic E-state index is 12.6. The summed E-state index contributed by atoms with van der Waals surface area (Å²) in [5.41, 5.74) is 3.10. The Morgan fingerprint density at radius 2 is 1.52 bits per heavy atom. The van der Waals surface area contributed by atoms with Crippen LogP contribution in [0.1, 0.15) is 31.9 Å². The molecule has 33 heavy (non-hydrogen) atoms. The molecule has 0 unspecified atom stereocenters. The van der Waals surface area contributed by atoms with Gasteiger partial charge in [0.1, 0.15) is 18.9 Å². The van der Waals surface area contributed by atoms with Crippen molar-refractivity contribution in [3.05, 3.63) is 90.0 Å². The molecule has 0 aliphatic rings. The molecule has 1 amide bonds. The van der Waals surface area contributed by atoms with Gasteiger partial charge < -0.3 is 10.1 Å². The third-order valence-corrected chi connectivity index (χ3v) is 6.24. The van der Waals surface area contributed by atoms with Gasteiger partial charge in [-0.1, -0.05) is 63.2 Å². The smallest absolute Gasteiger partial charge is 0.245 e. The highest BCUT2D eigenvalue weighted by Crippen LogP contribution is 2.26. The van der Waals surface area contributed by atoms with Crippen molar-refractivity contribution in [1.82, 2.24) is 0 Å². The van der Waals surface area contributed by atoms with E-state index in [1.54, 1.807) is 36.4 Å². The van der Waals surface area contributed by atoms with Crippen molar-refractivity contribution in [3.8, 4) is 5.75 Å². The maximum Gasteiger partial charge on any atom is 0.245 e. The summed E-state index contributed by atoms with van der Waals surface area (Å²) in [5, 5.41) is 2.75. The van der Waals surface area contributed by atoms with Crippen LogP contribution >= 0.6 is 0 Å². The van der Waals surface area contributed by atoms with Gasteiger partial charge in [0.25, 0.3) is 0 Å². The molecule has 3 aromatic rings. The molecule has 0 saturated carbocycles. The Labute approximate surface area is 196 Å².